The highest BCUT2D eigenvalue weighted by Gasteiger charge is 2.52. The second-order valence-corrected chi connectivity index (χ2v) is 18.7. The molecule has 0 atom stereocenters. The van der Waals surface area contributed by atoms with Crippen LogP contribution in [0.5, 0.6) is 0 Å². The highest BCUT2D eigenvalue weighted by molar-refractivity contribution is 6.84. The van der Waals surface area contributed by atoms with Crippen LogP contribution in [-0.2, 0) is 0 Å². The summed E-state index contributed by atoms with van der Waals surface area (Å²) in [6.45, 7) is 13.8. The fraction of sp³-hybridized carbons (Fsp3) is 0.280. The van der Waals surface area contributed by atoms with Crippen molar-refractivity contribution in [2.45, 2.75) is 39.3 Å². The van der Waals surface area contributed by atoms with Crippen LogP contribution in [0.25, 0.3) is 11.1 Å². The monoisotopic (exact) mass is 384 g/mol. The van der Waals surface area contributed by atoms with Crippen LogP contribution in [0.2, 0.25) is 39.3 Å². The van der Waals surface area contributed by atoms with Crippen LogP contribution in [0.4, 0.5) is 0 Å². The SMILES string of the molecule is C[Si](C)(C)C#CC1(C#C[Si](C)(C)C)C(c2ccccc2)=C1c1ccccc1. The van der Waals surface area contributed by atoms with Crippen LogP contribution in [0.15, 0.2) is 60.7 Å². The highest BCUT2D eigenvalue weighted by atomic mass is 28.3. The minimum atomic E-state index is -1.51. The van der Waals surface area contributed by atoms with Crippen molar-refractivity contribution in [1.82, 2.24) is 0 Å². The van der Waals surface area contributed by atoms with E-state index in [9.17, 15) is 0 Å². The molecule has 2 heteroatoms. The van der Waals surface area contributed by atoms with Gasteiger partial charge in [0.15, 0.2) is 0 Å². The molecule has 0 unspecified atom stereocenters. The molecule has 0 saturated heterocycles. The standard InChI is InChI=1S/C25H28Si2/c1-26(2,3)19-17-25(18-20-27(4,5)6)23(21-13-9-7-10-14-21)24(25)22-15-11-8-12-16-22/h7-16H,1-6H3. The van der Waals surface area contributed by atoms with Gasteiger partial charge in [0.05, 0.1) is 0 Å². The second kappa shape index (κ2) is 7.04. The van der Waals surface area contributed by atoms with E-state index in [0.717, 1.165) is 0 Å². The maximum atomic E-state index is 3.67. The Balaban J connectivity index is 2.22. The summed E-state index contributed by atoms with van der Waals surface area (Å²) in [5, 5.41) is 0. The lowest BCUT2D eigenvalue weighted by atomic mass is 9.94. The van der Waals surface area contributed by atoms with E-state index in [1.165, 1.54) is 22.3 Å². The predicted molar refractivity (Wildman–Crippen MR) is 124 cm³/mol. The molecule has 0 aromatic heterocycles. The number of rotatable bonds is 2. The molecule has 0 fully saturated rings. The molecule has 0 radical (unpaired) electrons. The van der Waals surface area contributed by atoms with Gasteiger partial charge in [0.2, 0.25) is 0 Å². The Bertz CT molecular complexity index is 894. The first kappa shape index (κ1) is 19.5. The molecule has 0 spiro atoms. The molecule has 27 heavy (non-hydrogen) atoms. The summed E-state index contributed by atoms with van der Waals surface area (Å²) in [5.41, 5.74) is 11.9. The maximum absolute atomic E-state index is 3.67. The lowest BCUT2D eigenvalue weighted by molar-refractivity contribution is 1.09. The van der Waals surface area contributed by atoms with Gasteiger partial charge in [-0.15, -0.1) is 11.1 Å². The van der Waals surface area contributed by atoms with E-state index in [0.29, 0.717) is 0 Å². The number of benzene rings is 2. The van der Waals surface area contributed by atoms with E-state index in [1.54, 1.807) is 0 Å². The number of allylic oxidation sites excluding steroid dienone is 2. The summed E-state index contributed by atoms with van der Waals surface area (Å²) >= 11 is 0. The zero-order valence-electron chi connectivity index (χ0n) is 17.3. The van der Waals surface area contributed by atoms with Crippen LogP contribution in [0, 0.1) is 28.3 Å². The molecule has 3 rings (SSSR count). The molecule has 2 aromatic rings. The van der Waals surface area contributed by atoms with E-state index in [2.05, 4.69) is 123 Å². The van der Waals surface area contributed by atoms with E-state index < -0.39 is 21.6 Å². The summed E-state index contributed by atoms with van der Waals surface area (Å²) in [5.74, 6) is 7.33. The summed E-state index contributed by atoms with van der Waals surface area (Å²) in [4.78, 5) is 0. The van der Waals surface area contributed by atoms with Crippen molar-refractivity contribution < 1.29 is 0 Å². The van der Waals surface area contributed by atoms with Crippen LogP contribution < -0.4 is 0 Å². The van der Waals surface area contributed by atoms with Gasteiger partial charge in [-0.3, -0.25) is 0 Å². The molecule has 1 aliphatic rings. The average molecular weight is 385 g/mol. The van der Waals surface area contributed by atoms with Crippen LogP contribution >= 0.6 is 0 Å². The van der Waals surface area contributed by atoms with Crippen LogP contribution in [0.1, 0.15) is 11.1 Å². The molecule has 2 aromatic carbocycles. The maximum Gasteiger partial charge on any atom is 0.142 e. The van der Waals surface area contributed by atoms with Crippen molar-refractivity contribution in [3.63, 3.8) is 0 Å². The molecule has 0 amide bonds. The Hall–Kier alpha value is -2.27. The molecule has 0 heterocycles. The molecule has 1 aliphatic carbocycles. The lowest BCUT2D eigenvalue weighted by Crippen LogP contribution is -2.19. The van der Waals surface area contributed by atoms with Crippen molar-refractivity contribution in [3.8, 4) is 22.9 Å². The number of hydrogen-bond donors (Lipinski definition) is 0. The van der Waals surface area contributed by atoms with Gasteiger partial charge >= 0.3 is 0 Å². The predicted octanol–water partition coefficient (Wildman–Crippen LogP) is 6.36. The van der Waals surface area contributed by atoms with Gasteiger partial charge < -0.3 is 0 Å². The Morgan fingerprint density at radius 3 is 1.19 bits per heavy atom. The normalized spacial score (nSPS) is 15.3. The Labute approximate surface area is 166 Å². The molecular weight excluding hydrogens is 356 g/mol. The Morgan fingerprint density at radius 2 is 0.889 bits per heavy atom. The van der Waals surface area contributed by atoms with Gasteiger partial charge in [0.25, 0.3) is 0 Å². The highest BCUT2D eigenvalue weighted by Crippen LogP contribution is 2.63. The molecule has 0 nitrogen and oxygen atoms in total. The van der Waals surface area contributed by atoms with Crippen molar-refractivity contribution in [2.75, 3.05) is 0 Å². The largest absolute Gasteiger partial charge is 0.142 e. The first-order chi connectivity index (χ1) is 12.6. The van der Waals surface area contributed by atoms with Crippen molar-refractivity contribution >= 4 is 27.3 Å². The van der Waals surface area contributed by atoms with Crippen molar-refractivity contribution in [2.24, 2.45) is 5.41 Å². The second-order valence-electron chi connectivity index (χ2n) is 9.23. The van der Waals surface area contributed by atoms with Gasteiger partial charge in [-0.05, 0) is 11.1 Å². The van der Waals surface area contributed by atoms with Crippen molar-refractivity contribution in [3.05, 3.63) is 71.8 Å². The third-order valence-electron chi connectivity index (χ3n) is 4.31. The first-order valence-corrected chi connectivity index (χ1v) is 16.6. The first-order valence-electron chi connectivity index (χ1n) is 9.57. The topological polar surface area (TPSA) is 0 Å². The Morgan fingerprint density at radius 1 is 0.556 bits per heavy atom. The zero-order chi connectivity index (χ0) is 19.7. The molecule has 0 aliphatic heterocycles. The fourth-order valence-electron chi connectivity index (χ4n) is 3.06. The third-order valence-corrected chi connectivity index (χ3v) is 6.06. The molecule has 136 valence electrons. The number of hydrogen-bond acceptors (Lipinski definition) is 0. The van der Waals surface area contributed by atoms with E-state index in [1.807, 2.05) is 0 Å². The average Bonchev–Trinajstić information content (AvgIpc) is 3.28. The van der Waals surface area contributed by atoms with Gasteiger partial charge in [0, 0.05) is 11.1 Å². The van der Waals surface area contributed by atoms with Gasteiger partial charge in [-0.25, -0.2) is 0 Å². The van der Waals surface area contributed by atoms with Gasteiger partial charge in [0.1, 0.15) is 21.6 Å². The molecule has 0 N–H and O–H groups in total. The van der Waals surface area contributed by atoms with Gasteiger partial charge in [-0.1, -0.05) is 112 Å². The fourth-order valence-corrected chi connectivity index (χ4v) is 4.18. The lowest BCUT2D eigenvalue weighted by Gasteiger charge is -2.12. The summed E-state index contributed by atoms with van der Waals surface area (Å²) in [6, 6.07) is 21.3. The van der Waals surface area contributed by atoms with Crippen LogP contribution in [-0.4, -0.2) is 16.1 Å². The molecule has 0 saturated carbocycles. The molecular formula is C25H28Si2. The zero-order valence-corrected chi connectivity index (χ0v) is 19.3. The third kappa shape index (κ3) is 4.53. The Kier molecular flexibility index (Phi) is 5.08. The summed E-state index contributed by atoms with van der Waals surface area (Å²) < 4.78 is 0. The van der Waals surface area contributed by atoms with Crippen LogP contribution in [0.3, 0.4) is 0 Å². The van der Waals surface area contributed by atoms with E-state index >= 15 is 0 Å². The van der Waals surface area contributed by atoms with E-state index in [4.69, 9.17) is 0 Å². The van der Waals surface area contributed by atoms with E-state index in [-0.39, 0.29) is 0 Å². The smallest absolute Gasteiger partial charge is 0.130 e. The minimum Gasteiger partial charge on any atom is -0.130 e. The van der Waals surface area contributed by atoms with Gasteiger partial charge in [-0.2, -0.15) is 0 Å². The van der Waals surface area contributed by atoms with Crippen molar-refractivity contribution in [1.29, 1.82) is 0 Å². The molecule has 0 bridgehead atoms. The quantitative estimate of drug-likeness (QED) is 0.417. The summed E-state index contributed by atoms with van der Waals surface area (Å²) in [6.07, 6.45) is 0. The minimum absolute atomic E-state index is 0.413. The summed E-state index contributed by atoms with van der Waals surface area (Å²) in [7, 11) is -3.01.